The molecule has 0 saturated carbocycles. The second kappa shape index (κ2) is 6.64. The van der Waals surface area contributed by atoms with Gasteiger partial charge in [-0.15, -0.1) is 0 Å². The Morgan fingerprint density at radius 2 is 1.84 bits per heavy atom. The van der Waals surface area contributed by atoms with Gasteiger partial charge in [0.1, 0.15) is 5.75 Å². The van der Waals surface area contributed by atoms with Crippen LogP contribution in [0.5, 0.6) is 5.75 Å². The zero-order chi connectivity index (χ0) is 18.0. The Morgan fingerprint density at radius 1 is 1.12 bits per heavy atom. The van der Waals surface area contributed by atoms with Crippen molar-refractivity contribution >= 4 is 27.4 Å². The van der Waals surface area contributed by atoms with Crippen LogP contribution in [0.4, 0.5) is 11.4 Å². The fourth-order valence-corrected chi connectivity index (χ4v) is 4.16. The highest BCUT2D eigenvalue weighted by atomic mass is 32.2. The lowest BCUT2D eigenvalue weighted by molar-refractivity contribution is 0.0601. The van der Waals surface area contributed by atoms with Gasteiger partial charge in [-0.05, 0) is 42.5 Å². The first-order valence-corrected chi connectivity index (χ1v) is 9.04. The topological polar surface area (TPSA) is 84.9 Å². The Bertz CT molecular complexity index is 894. The molecule has 0 radical (unpaired) electrons. The fraction of sp³-hybridized carbons (Fsp3) is 0.235. The third-order valence-corrected chi connectivity index (χ3v) is 5.79. The highest BCUT2D eigenvalue weighted by Gasteiger charge is 2.29. The summed E-state index contributed by atoms with van der Waals surface area (Å²) >= 11 is 0. The molecule has 1 aliphatic rings. The van der Waals surface area contributed by atoms with Gasteiger partial charge in [-0.3, -0.25) is 4.31 Å². The first-order valence-electron chi connectivity index (χ1n) is 7.60. The van der Waals surface area contributed by atoms with Crippen LogP contribution in [0.15, 0.2) is 47.4 Å². The van der Waals surface area contributed by atoms with Crippen LogP contribution in [0.25, 0.3) is 0 Å². The molecule has 2 aromatic carbocycles. The van der Waals surface area contributed by atoms with Crippen LogP contribution < -0.4 is 14.4 Å². The van der Waals surface area contributed by atoms with E-state index in [-0.39, 0.29) is 4.90 Å². The molecule has 8 heteroatoms. The number of esters is 1. The van der Waals surface area contributed by atoms with Crippen LogP contribution >= 0.6 is 0 Å². The minimum absolute atomic E-state index is 0.179. The maximum Gasteiger partial charge on any atom is 0.337 e. The van der Waals surface area contributed by atoms with Crippen molar-refractivity contribution in [2.75, 3.05) is 36.9 Å². The number of fused-ring (bicyclic) bond motifs is 1. The Morgan fingerprint density at radius 3 is 2.48 bits per heavy atom. The summed E-state index contributed by atoms with van der Waals surface area (Å²) in [5, 5.41) is 3.12. The second-order valence-corrected chi connectivity index (χ2v) is 7.27. The van der Waals surface area contributed by atoms with Crippen molar-refractivity contribution in [1.82, 2.24) is 0 Å². The predicted molar refractivity (Wildman–Crippen MR) is 93.8 cm³/mol. The molecule has 2 aromatic rings. The van der Waals surface area contributed by atoms with Crippen LogP contribution in [-0.2, 0) is 14.8 Å². The quantitative estimate of drug-likeness (QED) is 0.839. The molecule has 0 saturated heterocycles. The van der Waals surface area contributed by atoms with Crippen molar-refractivity contribution in [1.29, 1.82) is 0 Å². The van der Waals surface area contributed by atoms with Gasteiger partial charge in [0.05, 0.1) is 42.6 Å². The monoisotopic (exact) mass is 362 g/mol. The summed E-state index contributed by atoms with van der Waals surface area (Å²) in [6, 6.07) is 11.0. The van der Waals surface area contributed by atoms with Crippen molar-refractivity contribution in [3.63, 3.8) is 0 Å². The Balaban J connectivity index is 2.00. The molecule has 1 aliphatic heterocycles. The van der Waals surface area contributed by atoms with Gasteiger partial charge in [-0.25, -0.2) is 13.2 Å². The van der Waals surface area contributed by atoms with Crippen LogP contribution in [0.2, 0.25) is 0 Å². The molecular weight excluding hydrogens is 344 g/mol. The zero-order valence-electron chi connectivity index (χ0n) is 13.9. The first-order chi connectivity index (χ1) is 12.0. The fourth-order valence-electron chi connectivity index (χ4n) is 2.68. The number of sulfonamides is 1. The molecule has 0 fully saturated rings. The minimum atomic E-state index is -3.72. The number of methoxy groups -OCH3 is 2. The van der Waals surface area contributed by atoms with Crippen LogP contribution in [0.3, 0.4) is 0 Å². The summed E-state index contributed by atoms with van der Waals surface area (Å²) in [4.78, 5) is 11.8. The lowest BCUT2D eigenvalue weighted by Crippen LogP contribution is -2.38. The maximum atomic E-state index is 13.0. The zero-order valence-corrected chi connectivity index (χ0v) is 14.7. The van der Waals surface area contributed by atoms with E-state index in [1.54, 1.807) is 30.3 Å². The SMILES string of the molecule is COC(=O)c1ccc2c(c1)NCCN2S(=O)(=O)c1ccc(OC)cc1. The van der Waals surface area contributed by atoms with Gasteiger partial charge in [0.15, 0.2) is 0 Å². The molecule has 0 spiro atoms. The molecular formula is C17H18N2O5S. The minimum Gasteiger partial charge on any atom is -0.497 e. The van der Waals surface area contributed by atoms with Gasteiger partial charge in [-0.2, -0.15) is 0 Å². The highest BCUT2D eigenvalue weighted by Crippen LogP contribution is 2.34. The third-order valence-electron chi connectivity index (χ3n) is 3.96. The number of rotatable bonds is 4. The molecule has 0 unspecified atom stereocenters. The molecule has 132 valence electrons. The van der Waals surface area contributed by atoms with Gasteiger partial charge in [0.2, 0.25) is 0 Å². The number of benzene rings is 2. The Hall–Kier alpha value is -2.74. The van der Waals surface area contributed by atoms with Crippen molar-refractivity contribution in [3.05, 3.63) is 48.0 Å². The van der Waals surface area contributed by atoms with Crippen LogP contribution in [-0.4, -0.2) is 41.7 Å². The van der Waals surface area contributed by atoms with E-state index in [0.717, 1.165) is 0 Å². The molecule has 0 aliphatic carbocycles. The van der Waals surface area contributed by atoms with Crippen LogP contribution in [0.1, 0.15) is 10.4 Å². The normalized spacial score (nSPS) is 13.6. The molecule has 25 heavy (non-hydrogen) atoms. The van der Waals surface area contributed by atoms with E-state index in [9.17, 15) is 13.2 Å². The third kappa shape index (κ3) is 3.12. The molecule has 7 nitrogen and oxygen atoms in total. The van der Waals surface area contributed by atoms with Gasteiger partial charge in [0.25, 0.3) is 10.0 Å². The van der Waals surface area contributed by atoms with Crippen LogP contribution in [0, 0.1) is 0 Å². The van der Waals surface area contributed by atoms with E-state index in [1.807, 2.05) is 0 Å². The summed E-state index contributed by atoms with van der Waals surface area (Å²) in [5.41, 5.74) is 1.43. The molecule has 1 heterocycles. The van der Waals surface area contributed by atoms with Gasteiger partial charge < -0.3 is 14.8 Å². The molecule has 1 N–H and O–H groups in total. The predicted octanol–water partition coefficient (Wildman–Crippen LogP) is 2.10. The van der Waals surface area contributed by atoms with E-state index < -0.39 is 16.0 Å². The van der Waals surface area contributed by atoms with Gasteiger partial charge in [-0.1, -0.05) is 0 Å². The second-order valence-electron chi connectivity index (χ2n) is 5.40. The average Bonchev–Trinajstić information content (AvgIpc) is 2.66. The molecule has 0 atom stereocenters. The standard InChI is InChI=1S/C17H18N2O5S/c1-23-13-4-6-14(7-5-13)25(21,22)19-10-9-18-15-11-12(17(20)24-2)3-8-16(15)19/h3-8,11,18H,9-10H2,1-2H3. The lowest BCUT2D eigenvalue weighted by Gasteiger charge is -2.31. The average molecular weight is 362 g/mol. The van der Waals surface area contributed by atoms with Crippen molar-refractivity contribution in [3.8, 4) is 5.75 Å². The summed E-state index contributed by atoms with van der Waals surface area (Å²) < 4.78 is 37.1. The van der Waals surface area contributed by atoms with E-state index in [1.165, 1.54) is 30.7 Å². The van der Waals surface area contributed by atoms with Crippen molar-refractivity contribution in [2.45, 2.75) is 4.90 Å². The number of carbonyl (C=O) groups excluding carboxylic acids is 1. The first kappa shape index (κ1) is 17.1. The Kier molecular flexibility index (Phi) is 4.54. The van der Waals surface area contributed by atoms with Gasteiger partial charge >= 0.3 is 5.97 Å². The van der Waals surface area contributed by atoms with Gasteiger partial charge in [0, 0.05) is 6.54 Å². The number of carbonyl (C=O) groups is 1. The largest absolute Gasteiger partial charge is 0.497 e. The van der Waals surface area contributed by atoms with E-state index in [4.69, 9.17) is 9.47 Å². The summed E-state index contributed by atoms with van der Waals surface area (Å²) in [6.07, 6.45) is 0. The molecule has 3 rings (SSSR count). The lowest BCUT2D eigenvalue weighted by atomic mass is 10.1. The summed E-state index contributed by atoms with van der Waals surface area (Å²) in [5.74, 6) is 0.113. The number of nitrogens with zero attached hydrogens (tertiary/aromatic N) is 1. The van der Waals surface area contributed by atoms with E-state index in [0.29, 0.717) is 35.8 Å². The number of anilines is 2. The number of hydrogen-bond acceptors (Lipinski definition) is 6. The Labute approximate surface area is 146 Å². The molecule has 0 bridgehead atoms. The highest BCUT2D eigenvalue weighted by molar-refractivity contribution is 7.92. The van der Waals surface area contributed by atoms with E-state index >= 15 is 0 Å². The van der Waals surface area contributed by atoms with E-state index in [2.05, 4.69) is 5.32 Å². The molecule has 0 amide bonds. The molecule has 0 aromatic heterocycles. The summed E-state index contributed by atoms with van der Waals surface area (Å²) in [6.45, 7) is 0.728. The number of hydrogen-bond donors (Lipinski definition) is 1. The maximum absolute atomic E-state index is 13.0. The van der Waals surface area contributed by atoms with Crippen molar-refractivity contribution in [2.24, 2.45) is 0 Å². The summed E-state index contributed by atoms with van der Waals surface area (Å²) in [7, 11) is -0.893. The number of nitrogens with one attached hydrogen (secondary N) is 1. The smallest absolute Gasteiger partial charge is 0.337 e. The number of ether oxygens (including phenoxy) is 2. The van der Waals surface area contributed by atoms with Crippen molar-refractivity contribution < 1.29 is 22.7 Å².